The zero-order valence-electron chi connectivity index (χ0n) is 10.2. The first-order valence-electron chi connectivity index (χ1n) is 6.16. The summed E-state index contributed by atoms with van der Waals surface area (Å²) in [6, 6.07) is 14.7. The van der Waals surface area contributed by atoms with Crippen LogP contribution in [0, 0.1) is 0 Å². The number of hydrogen-bond donors (Lipinski definition) is 2. The van der Waals surface area contributed by atoms with Gasteiger partial charge < -0.3 is 10.4 Å². The van der Waals surface area contributed by atoms with Gasteiger partial charge in [-0.25, -0.2) is 0 Å². The van der Waals surface area contributed by atoms with Gasteiger partial charge in [-0.3, -0.25) is 4.79 Å². The maximum absolute atomic E-state index is 10.3. The molecule has 0 aliphatic carbocycles. The fourth-order valence-electron chi connectivity index (χ4n) is 1.95. The molecule has 0 aliphatic heterocycles. The van der Waals surface area contributed by atoms with Gasteiger partial charge in [0.05, 0.1) is 6.42 Å². The van der Waals surface area contributed by atoms with Crippen molar-refractivity contribution in [3.8, 4) is 0 Å². The molecule has 3 nitrogen and oxygen atoms in total. The van der Waals surface area contributed by atoms with E-state index in [1.165, 1.54) is 16.3 Å². The Kier molecular flexibility index (Phi) is 4.31. The molecule has 2 aromatic carbocycles. The molecule has 0 atom stereocenters. The molecule has 2 aromatic rings. The molecule has 0 heterocycles. The van der Waals surface area contributed by atoms with Crippen LogP contribution in [0.3, 0.4) is 0 Å². The number of nitrogens with one attached hydrogen (secondary N) is 1. The van der Waals surface area contributed by atoms with E-state index in [-0.39, 0.29) is 6.42 Å². The Hall–Kier alpha value is -1.87. The Morgan fingerprint density at radius 3 is 2.61 bits per heavy atom. The van der Waals surface area contributed by atoms with Crippen LogP contribution in [0.2, 0.25) is 0 Å². The smallest absolute Gasteiger partial charge is 0.304 e. The summed E-state index contributed by atoms with van der Waals surface area (Å²) >= 11 is 0. The molecule has 0 saturated carbocycles. The van der Waals surface area contributed by atoms with Crippen LogP contribution in [-0.2, 0) is 11.2 Å². The quantitative estimate of drug-likeness (QED) is 0.766. The lowest BCUT2D eigenvalue weighted by Crippen LogP contribution is -2.20. The molecule has 0 spiro atoms. The van der Waals surface area contributed by atoms with Crippen LogP contribution in [0.5, 0.6) is 0 Å². The zero-order chi connectivity index (χ0) is 12.8. The van der Waals surface area contributed by atoms with Gasteiger partial charge in [-0.15, -0.1) is 0 Å². The highest BCUT2D eigenvalue weighted by Crippen LogP contribution is 2.15. The van der Waals surface area contributed by atoms with Gasteiger partial charge in [0.1, 0.15) is 0 Å². The van der Waals surface area contributed by atoms with Crippen molar-refractivity contribution in [1.82, 2.24) is 5.32 Å². The van der Waals surface area contributed by atoms with Crippen molar-refractivity contribution in [2.24, 2.45) is 0 Å². The number of carbonyl (C=O) groups is 1. The predicted octanol–water partition coefficient (Wildman–Crippen LogP) is 2.45. The topological polar surface area (TPSA) is 49.3 Å². The fraction of sp³-hybridized carbons (Fsp3) is 0.267. The second-order valence-corrected chi connectivity index (χ2v) is 4.33. The predicted molar refractivity (Wildman–Crippen MR) is 72.8 cm³/mol. The molecule has 0 radical (unpaired) electrons. The highest BCUT2D eigenvalue weighted by Gasteiger charge is 1.98. The molecule has 94 valence electrons. The summed E-state index contributed by atoms with van der Waals surface area (Å²) in [5.41, 5.74) is 1.27. The number of carboxylic acids is 1. The monoisotopic (exact) mass is 243 g/mol. The van der Waals surface area contributed by atoms with Crippen LogP contribution in [0.1, 0.15) is 12.0 Å². The third-order valence-corrected chi connectivity index (χ3v) is 2.92. The zero-order valence-corrected chi connectivity index (χ0v) is 10.2. The van der Waals surface area contributed by atoms with Crippen molar-refractivity contribution >= 4 is 16.7 Å². The van der Waals surface area contributed by atoms with Crippen LogP contribution in [0.15, 0.2) is 42.5 Å². The Morgan fingerprint density at radius 2 is 1.83 bits per heavy atom. The lowest BCUT2D eigenvalue weighted by atomic mass is 10.1. The number of benzene rings is 2. The molecular formula is C15H17NO2. The van der Waals surface area contributed by atoms with Crippen LogP contribution in [-0.4, -0.2) is 24.2 Å². The van der Waals surface area contributed by atoms with Gasteiger partial charge in [0.2, 0.25) is 0 Å². The summed E-state index contributed by atoms with van der Waals surface area (Å²) in [4.78, 5) is 10.3. The van der Waals surface area contributed by atoms with Gasteiger partial charge >= 0.3 is 5.97 Å². The molecule has 0 fully saturated rings. The van der Waals surface area contributed by atoms with E-state index in [1.807, 2.05) is 12.1 Å². The van der Waals surface area contributed by atoms with E-state index >= 15 is 0 Å². The average molecular weight is 243 g/mol. The third kappa shape index (κ3) is 3.57. The number of rotatable bonds is 6. The number of fused-ring (bicyclic) bond motifs is 1. The van der Waals surface area contributed by atoms with Crippen molar-refractivity contribution < 1.29 is 9.90 Å². The van der Waals surface area contributed by atoms with Gasteiger partial charge in [0.25, 0.3) is 0 Å². The largest absolute Gasteiger partial charge is 0.481 e. The number of carboxylic acid groups (broad SMARTS) is 1. The second-order valence-electron chi connectivity index (χ2n) is 4.33. The normalized spacial score (nSPS) is 10.7. The molecular weight excluding hydrogens is 226 g/mol. The van der Waals surface area contributed by atoms with E-state index in [0.717, 1.165) is 13.0 Å². The summed E-state index contributed by atoms with van der Waals surface area (Å²) in [5, 5.41) is 14.1. The minimum atomic E-state index is -0.756. The lowest BCUT2D eigenvalue weighted by Gasteiger charge is -2.05. The maximum Gasteiger partial charge on any atom is 0.304 e. The van der Waals surface area contributed by atoms with Crippen molar-refractivity contribution in [1.29, 1.82) is 0 Å². The van der Waals surface area contributed by atoms with Crippen LogP contribution in [0.4, 0.5) is 0 Å². The average Bonchev–Trinajstić information content (AvgIpc) is 2.38. The Balaban J connectivity index is 1.86. The molecule has 0 unspecified atom stereocenters. The summed E-state index contributed by atoms with van der Waals surface area (Å²) in [6.07, 6.45) is 1.10. The summed E-state index contributed by atoms with van der Waals surface area (Å²) < 4.78 is 0. The van der Waals surface area contributed by atoms with Gasteiger partial charge in [-0.1, -0.05) is 42.5 Å². The number of hydrogen-bond acceptors (Lipinski definition) is 2. The van der Waals surface area contributed by atoms with E-state index < -0.39 is 5.97 Å². The molecule has 3 heteroatoms. The molecule has 0 aromatic heterocycles. The van der Waals surface area contributed by atoms with Gasteiger partial charge in [-0.2, -0.15) is 0 Å². The molecule has 0 saturated heterocycles. The second kappa shape index (κ2) is 6.17. The lowest BCUT2D eigenvalue weighted by molar-refractivity contribution is -0.136. The van der Waals surface area contributed by atoms with Crippen molar-refractivity contribution in [2.75, 3.05) is 13.1 Å². The van der Waals surface area contributed by atoms with Crippen molar-refractivity contribution in [3.63, 3.8) is 0 Å². The Bertz CT molecular complexity index is 537. The van der Waals surface area contributed by atoms with Gasteiger partial charge in [-0.05, 0) is 29.3 Å². The van der Waals surface area contributed by atoms with Crippen LogP contribution < -0.4 is 5.32 Å². The van der Waals surface area contributed by atoms with Gasteiger partial charge in [0.15, 0.2) is 0 Å². The highest BCUT2D eigenvalue weighted by molar-refractivity contribution is 5.82. The SMILES string of the molecule is O=C(O)CCNCCc1ccc2ccccc2c1. The van der Waals surface area contributed by atoms with Crippen molar-refractivity contribution in [3.05, 3.63) is 48.0 Å². The molecule has 0 bridgehead atoms. The minimum Gasteiger partial charge on any atom is -0.481 e. The molecule has 2 N–H and O–H groups in total. The Labute approximate surface area is 106 Å². The third-order valence-electron chi connectivity index (χ3n) is 2.92. The van der Waals surface area contributed by atoms with E-state index in [9.17, 15) is 4.79 Å². The molecule has 0 aliphatic rings. The van der Waals surface area contributed by atoms with Crippen LogP contribution >= 0.6 is 0 Å². The maximum atomic E-state index is 10.3. The van der Waals surface area contributed by atoms with Gasteiger partial charge in [0, 0.05) is 6.54 Å². The Morgan fingerprint density at radius 1 is 1.06 bits per heavy atom. The minimum absolute atomic E-state index is 0.178. The van der Waals surface area contributed by atoms with Crippen LogP contribution in [0.25, 0.3) is 10.8 Å². The summed E-state index contributed by atoms with van der Waals surface area (Å²) in [5.74, 6) is -0.756. The summed E-state index contributed by atoms with van der Waals surface area (Å²) in [6.45, 7) is 1.34. The van der Waals surface area contributed by atoms with E-state index in [4.69, 9.17) is 5.11 Å². The van der Waals surface area contributed by atoms with Crippen molar-refractivity contribution in [2.45, 2.75) is 12.8 Å². The first kappa shape index (κ1) is 12.6. The van der Waals surface area contributed by atoms with E-state index in [2.05, 4.69) is 35.6 Å². The van der Waals surface area contributed by atoms with E-state index in [0.29, 0.717) is 6.54 Å². The fourth-order valence-corrected chi connectivity index (χ4v) is 1.95. The number of aliphatic carboxylic acids is 1. The molecule has 0 amide bonds. The first-order chi connectivity index (χ1) is 8.75. The molecule has 2 rings (SSSR count). The van der Waals surface area contributed by atoms with E-state index in [1.54, 1.807) is 0 Å². The first-order valence-corrected chi connectivity index (χ1v) is 6.16. The summed E-state index contributed by atoms with van der Waals surface area (Å²) in [7, 11) is 0. The standard InChI is InChI=1S/C15H17NO2/c17-15(18)8-10-16-9-7-12-5-6-13-3-1-2-4-14(13)11-12/h1-6,11,16H,7-10H2,(H,17,18). The molecule has 18 heavy (non-hydrogen) atoms. The highest BCUT2D eigenvalue weighted by atomic mass is 16.4.